The highest BCUT2D eigenvalue weighted by Crippen LogP contribution is 2.36. The molecule has 2 aliphatic rings. The Bertz CT molecular complexity index is 894. The Hall–Kier alpha value is -3.43. The van der Waals surface area contributed by atoms with Crippen LogP contribution in [-0.2, 0) is 9.59 Å². The SMILES string of the molecule is CCN1C(=O)N[C@H](c2cccc([N+](=O)[O-])c2)C2=C1CN(CC(=O)N(C)C)C2=O. The summed E-state index contributed by atoms with van der Waals surface area (Å²) in [6.45, 7) is 2.18. The number of hydrogen-bond donors (Lipinski definition) is 1. The molecule has 1 N–H and O–H groups in total. The standard InChI is InChI=1S/C18H21N5O5/c1-4-22-13-9-21(10-14(24)20(2)3)17(25)15(13)16(19-18(22)26)11-6-5-7-12(8-11)23(27)28/h5-8,16H,4,9-10H2,1-3H3,(H,19,26)/t16-/m1/s1. The number of hydrogen-bond acceptors (Lipinski definition) is 5. The predicted molar refractivity (Wildman–Crippen MR) is 99.0 cm³/mol. The quantitative estimate of drug-likeness (QED) is 0.594. The van der Waals surface area contributed by atoms with Gasteiger partial charge in [0.2, 0.25) is 5.91 Å². The molecule has 0 saturated carbocycles. The normalized spacial score (nSPS) is 18.9. The van der Waals surface area contributed by atoms with E-state index in [1.54, 1.807) is 27.1 Å². The van der Waals surface area contributed by atoms with E-state index in [0.717, 1.165) is 0 Å². The van der Waals surface area contributed by atoms with Gasteiger partial charge in [-0.25, -0.2) is 4.79 Å². The van der Waals surface area contributed by atoms with Gasteiger partial charge in [0, 0.05) is 32.8 Å². The van der Waals surface area contributed by atoms with Crippen LogP contribution < -0.4 is 5.32 Å². The number of non-ortho nitro benzene ring substituents is 1. The number of likely N-dealkylation sites (N-methyl/N-ethyl adjacent to an activating group) is 2. The number of carbonyl (C=O) groups excluding carboxylic acids is 3. The maximum Gasteiger partial charge on any atom is 0.322 e. The molecule has 0 unspecified atom stereocenters. The largest absolute Gasteiger partial charge is 0.347 e. The number of nitro groups is 1. The third-order valence-electron chi connectivity index (χ3n) is 4.85. The third kappa shape index (κ3) is 3.28. The molecule has 3 rings (SSSR count). The first-order valence-electron chi connectivity index (χ1n) is 8.79. The molecule has 0 aliphatic carbocycles. The van der Waals surface area contributed by atoms with E-state index in [4.69, 9.17) is 0 Å². The van der Waals surface area contributed by atoms with Gasteiger partial charge in [0.1, 0.15) is 6.54 Å². The Balaban J connectivity index is 2.01. The number of carbonyl (C=O) groups is 3. The van der Waals surface area contributed by atoms with Crippen LogP contribution in [0.4, 0.5) is 10.5 Å². The van der Waals surface area contributed by atoms with Crippen LogP contribution in [0.3, 0.4) is 0 Å². The molecule has 10 heteroatoms. The maximum atomic E-state index is 13.1. The lowest BCUT2D eigenvalue weighted by molar-refractivity contribution is -0.384. The topological polar surface area (TPSA) is 116 Å². The van der Waals surface area contributed by atoms with E-state index in [9.17, 15) is 24.5 Å². The zero-order valence-electron chi connectivity index (χ0n) is 15.8. The average Bonchev–Trinajstić information content (AvgIpc) is 2.97. The fourth-order valence-electron chi connectivity index (χ4n) is 3.38. The summed E-state index contributed by atoms with van der Waals surface area (Å²) in [5.74, 6) is -0.595. The molecular formula is C18H21N5O5. The van der Waals surface area contributed by atoms with Crippen molar-refractivity contribution in [3.05, 3.63) is 51.2 Å². The van der Waals surface area contributed by atoms with Crippen LogP contribution >= 0.6 is 0 Å². The second-order valence-electron chi connectivity index (χ2n) is 6.79. The van der Waals surface area contributed by atoms with E-state index in [-0.39, 0.29) is 36.6 Å². The molecule has 1 aromatic carbocycles. The van der Waals surface area contributed by atoms with Gasteiger partial charge < -0.3 is 15.1 Å². The Morgan fingerprint density at radius 2 is 2.07 bits per heavy atom. The summed E-state index contributed by atoms with van der Waals surface area (Å²) in [7, 11) is 3.21. The molecule has 2 aliphatic heterocycles. The third-order valence-corrected chi connectivity index (χ3v) is 4.85. The smallest absolute Gasteiger partial charge is 0.322 e. The van der Waals surface area contributed by atoms with E-state index in [2.05, 4.69) is 5.32 Å². The summed E-state index contributed by atoms with van der Waals surface area (Å²) < 4.78 is 0. The summed E-state index contributed by atoms with van der Waals surface area (Å²) in [4.78, 5) is 52.5. The Labute approximate surface area is 161 Å². The molecule has 0 aromatic heterocycles. The highest BCUT2D eigenvalue weighted by Gasteiger charge is 2.44. The fourth-order valence-corrected chi connectivity index (χ4v) is 3.38. The Morgan fingerprint density at radius 3 is 2.68 bits per heavy atom. The lowest BCUT2D eigenvalue weighted by atomic mass is 9.95. The summed E-state index contributed by atoms with van der Waals surface area (Å²) in [5.41, 5.74) is 1.18. The number of urea groups is 1. The second kappa shape index (κ2) is 7.29. The first-order valence-corrected chi connectivity index (χ1v) is 8.79. The zero-order valence-corrected chi connectivity index (χ0v) is 15.8. The average molecular weight is 387 g/mol. The molecule has 0 radical (unpaired) electrons. The molecular weight excluding hydrogens is 366 g/mol. The number of amides is 4. The predicted octanol–water partition coefficient (Wildman–Crippen LogP) is 0.865. The van der Waals surface area contributed by atoms with Gasteiger partial charge in [-0.2, -0.15) is 0 Å². The van der Waals surface area contributed by atoms with E-state index in [1.165, 1.54) is 32.9 Å². The molecule has 28 heavy (non-hydrogen) atoms. The Kier molecular flexibility index (Phi) is 5.04. The fraction of sp³-hybridized carbons (Fsp3) is 0.389. The van der Waals surface area contributed by atoms with Gasteiger partial charge in [-0.1, -0.05) is 12.1 Å². The van der Waals surface area contributed by atoms with Crippen molar-refractivity contribution in [1.82, 2.24) is 20.0 Å². The highest BCUT2D eigenvalue weighted by molar-refractivity contribution is 6.03. The number of rotatable bonds is 5. The van der Waals surface area contributed by atoms with Gasteiger partial charge in [0.25, 0.3) is 11.6 Å². The van der Waals surface area contributed by atoms with Crippen molar-refractivity contribution in [1.29, 1.82) is 0 Å². The van der Waals surface area contributed by atoms with Gasteiger partial charge in [0.05, 0.1) is 28.8 Å². The van der Waals surface area contributed by atoms with Gasteiger partial charge in [-0.05, 0) is 12.5 Å². The van der Waals surface area contributed by atoms with Crippen LogP contribution in [0, 0.1) is 10.1 Å². The van der Waals surface area contributed by atoms with Crippen molar-refractivity contribution < 1.29 is 19.3 Å². The highest BCUT2D eigenvalue weighted by atomic mass is 16.6. The first-order chi connectivity index (χ1) is 13.2. The minimum Gasteiger partial charge on any atom is -0.347 e. The minimum atomic E-state index is -0.808. The van der Waals surface area contributed by atoms with Gasteiger partial charge in [-0.15, -0.1) is 0 Å². The minimum absolute atomic E-state index is 0.105. The summed E-state index contributed by atoms with van der Waals surface area (Å²) in [6.07, 6.45) is 0. The van der Waals surface area contributed by atoms with Crippen molar-refractivity contribution in [3.63, 3.8) is 0 Å². The van der Waals surface area contributed by atoms with Crippen molar-refractivity contribution in [3.8, 4) is 0 Å². The Morgan fingerprint density at radius 1 is 1.36 bits per heavy atom. The maximum absolute atomic E-state index is 13.1. The molecule has 10 nitrogen and oxygen atoms in total. The summed E-state index contributed by atoms with van der Waals surface area (Å²) >= 11 is 0. The number of nitrogens with zero attached hydrogens (tertiary/aromatic N) is 4. The summed E-state index contributed by atoms with van der Waals surface area (Å²) in [5, 5.41) is 13.9. The van der Waals surface area contributed by atoms with Crippen LogP contribution in [0.2, 0.25) is 0 Å². The molecule has 0 saturated heterocycles. The van der Waals surface area contributed by atoms with E-state index in [0.29, 0.717) is 23.4 Å². The number of nitrogens with one attached hydrogen (secondary N) is 1. The van der Waals surface area contributed by atoms with Crippen LogP contribution in [0.5, 0.6) is 0 Å². The van der Waals surface area contributed by atoms with Crippen LogP contribution in [0.1, 0.15) is 18.5 Å². The van der Waals surface area contributed by atoms with Gasteiger partial charge in [-0.3, -0.25) is 24.6 Å². The molecule has 2 heterocycles. The molecule has 0 fully saturated rings. The second-order valence-corrected chi connectivity index (χ2v) is 6.79. The van der Waals surface area contributed by atoms with Crippen LogP contribution in [-0.4, -0.2) is 71.2 Å². The molecule has 1 atom stereocenters. The number of nitro benzene ring substituents is 1. The molecule has 148 valence electrons. The number of benzene rings is 1. The van der Waals surface area contributed by atoms with Crippen LogP contribution in [0.25, 0.3) is 0 Å². The van der Waals surface area contributed by atoms with E-state index < -0.39 is 11.0 Å². The lowest BCUT2D eigenvalue weighted by Gasteiger charge is -2.32. The summed E-state index contributed by atoms with van der Waals surface area (Å²) in [6, 6.07) is 4.64. The van der Waals surface area contributed by atoms with Crippen molar-refractivity contribution in [2.75, 3.05) is 33.7 Å². The van der Waals surface area contributed by atoms with Gasteiger partial charge in [0.15, 0.2) is 0 Å². The zero-order chi connectivity index (χ0) is 20.6. The first kappa shape index (κ1) is 19.3. The van der Waals surface area contributed by atoms with Crippen molar-refractivity contribution in [2.24, 2.45) is 0 Å². The monoisotopic (exact) mass is 387 g/mol. The lowest BCUT2D eigenvalue weighted by Crippen LogP contribution is -2.47. The van der Waals surface area contributed by atoms with Crippen molar-refractivity contribution >= 4 is 23.5 Å². The van der Waals surface area contributed by atoms with E-state index >= 15 is 0 Å². The molecule has 1 aromatic rings. The van der Waals surface area contributed by atoms with E-state index in [1.807, 2.05) is 0 Å². The van der Waals surface area contributed by atoms with Crippen molar-refractivity contribution in [2.45, 2.75) is 13.0 Å². The molecule has 0 spiro atoms. The molecule has 0 bridgehead atoms. The van der Waals surface area contributed by atoms with Crippen LogP contribution in [0.15, 0.2) is 35.5 Å². The molecule has 4 amide bonds. The van der Waals surface area contributed by atoms with Gasteiger partial charge >= 0.3 is 6.03 Å².